The first-order valence-electron chi connectivity index (χ1n) is 19.3. The molecule has 0 aliphatic heterocycles. The third kappa shape index (κ3) is 5.43. The van der Waals surface area contributed by atoms with Gasteiger partial charge in [-0.25, -0.2) is 9.55 Å². The second kappa shape index (κ2) is 12.8. The van der Waals surface area contributed by atoms with Crippen molar-refractivity contribution in [2.75, 3.05) is 0 Å². The third-order valence-corrected chi connectivity index (χ3v) is 12.1. The molecule has 48 heavy (non-hydrogen) atoms. The number of thiazole rings is 1. The molecule has 0 radical (unpaired) electrons. The molecule has 0 bridgehead atoms. The van der Waals surface area contributed by atoms with Crippen molar-refractivity contribution in [1.82, 2.24) is 4.98 Å². The zero-order chi connectivity index (χ0) is 35.7. The van der Waals surface area contributed by atoms with Crippen LogP contribution in [0.3, 0.4) is 0 Å². The summed E-state index contributed by atoms with van der Waals surface area (Å²) in [5.41, 5.74) is 6.73. The zero-order valence-electron chi connectivity index (χ0n) is 31.6. The molecule has 5 heteroatoms. The van der Waals surface area contributed by atoms with Gasteiger partial charge in [0.1, 0.15) is 23.2 Å². The van der Waals surface area contributed by atoms with Crippen LogP contribution in [0.5, 0.6) is 0 Å². The summed E-state index contributed by atoms with van der Waals surface area (Å²) in [6.07, 6.45) is 13.5. The maximum atomic E-state index is 10.5. The predicted octanol–water partition coefficient (Wildman–Crippen LogP) is 11.9. The van der Waals surface area contributed by atoms with E-state index in [1.807, 2.05) is 45.3 Å². The van der Waals surface area contributed by atoms with Gasteiger partial charge in [-0.15, -0.1) is 11.3 Å². The minimum absolute atomic E-state index is 0.215. The molecule has 4 nitrogen and oxygen atoms in total. The van der Waals surface area contributed by atoms with Crippen LogP contribution in [-0.2, 0) is 7.05 Å². The zero-order valence-corrected chi connectivity index (χ0v) is 29.4. The topological polar surface area (TPSA) is 53.7 Å². The van der Waals surface area contributed by atoms with Crippen LogP contribution < -0.4 is 4.57 Å². The maximum absolute atomic E-state index is 10.5. The van der Waals surface area contributed by atoms with Gasteiger partial charge in [0.15, 0.2) is 6.20 Å². The quantitative estimate of drug-likeness (QED) is 0.168. The average molecular weight is 656 g/mol. The fourth-order valence-corrected chi connectivity index (χ4v) is 9.60. The van der Waals surface area contributed by atoms with Crippen molar-refractivity contribution in [1.29, 1.82) is 5.26 Å². The van der Waals surface area contributed by atoms with Crippen LogP contribution in [0.1, 0.15) is 116 Å². The minimum atomic E-state index is -0.805. The Balaban J connectivity index is 1.27. The van der Waals surface area contributed by atoms with E-state index >= 15 is 0 Å². The SMILES string of the molecule is [2H]c1nc(-c2cc3ccc4c5ccc(C)c(-c6cc(C([2H])(C)C)cc[n+]6C)c5oc4c3cc2C#N)sc1C([2H])(C1CCCCC1)C1CCCCC1. The van der Waals surface area contributed by atoms with Crippen molar-refractivity contribution < 1.29 is 13.1 Å². The number of hydrogen-bond acceptors (Lipinski definition) is 4. The first-order chi connectivity index (χ1) is 24.5. The molecule has 6 aromatic rings. The summed E-state index contributed by atoms with van der Waals surface area (Å²) in [6, 6.07) is 18.9. The summed E-state index contributed by atoms with van der Waals surface area (Å²) in [7, 11) is 2.02. The molecule has 3 aromatic heterocycles. The molecule has 0 atom stereocenters. The summed E-state index contributed by atoms with van der Waals surface area (Å²) in [5.74, 6) is -1.05. The summed E-state index contributed by atoms with van der Waals surface area (Å²) in [4.78, 5) is 5.60. The Hall–Kier alpha value is -4.01. The van der Waals surface area contributed by atoms with E-state index in [2.05, 4.69) is 47.9 Å². The molecule has 0 amide bonds. The number of nitrogens with zero attached hydrogens (tertiary/aromatic N) is 3. The van der Waals surface area contributed by atoms with Gasteiger partial charge in [0.05, 0.1) is 18.6 Å². The van der Waals surface area contributed by atoms with Gasteiger partial charge >= 0.3 is 0 Å². The Morgan fingerprint density at radius 3 is 2.29 bits per heavy atom. The minimum Gasteiger partial charge on any atom is -0.454 e. The lowest BCUT2D eigenvalue weighted by molar-refractivity contribution is -0.660. The van der Waals surface area contributed by atoms with E-state index in [0.717, 1.165) is 117 Å². The van der Waals surface area contributed by atoms with Gasteiger partial charge in [-0.05, 0) is 85.0 Å². The number of nitriles is 1. The van der Waals surface area contributed by atoms with Crippen molar-refractivity contribution in [2.45, 2.75) is 96.8 Å². The second-order valence-corrected chi connectivity index (χ2v) is 15.4. The van der Waals surface area contributed by atoms with Crippen LogP contribution in [0.15, 0.2) is 65.3 Å². The molecule has 0 unspecified atom stereocenters. The highest BCUT2D eigenvalue weighted by atomic mass is 32.1. The Morgan fingerprint density at radius 2 is 1.60 bits per heavy atom. The summed E-state index contributed by atoms with van der Waals surface area (Å²) in [5, 5.41) is 15.0. The van der Waals surface area contributed by atoms with Gasteiger partial charge in [0, 0.05) is 53.5 Å². The molecule has 244 valence electrons. The number of rotatable bonds is 6. The number of aryl methyl sites for hydroxylation is 2. The van der Waals surface area contributed by atoms with Crippen LogP contribution in [0.4, 0.5) is 0 Å². The summed E-state index contributed by atoms with van der Waals surface area (Å²) >= 11 is 1.48. The maximum Gasteiger partial charge on any atom is 0.216 e. The van der Waals surface area contributed by atoms with Crippen molar-refractivity contribution in [2.24, 2.45) is 18.9 Å². The molecule has 2 aliphatic carbocycles. The Bertz CT molecular complexity index is 2330. The smallest absolute Gasteiger partial charge is 0.216 e. The normalized spacial score (nSPS) is 17.9. The van der Waals surface area contributed by atoms with Gasteiger partial charge in [-0.3, -0.25) is 0 Å². The molecule has 8 rings (SSSR count). The fourth-order valence-electron chi connectivity index (χ4n) is 8.50. The first-order valence-corrected chi connectivity index (χ1v) is 18.6. The Morgan fingerprint density at radius 1 is 0.917 bits per heavy atom. The molecule has 0 N–H and O–H groups in total. The van der Waals surface area contributed by atoms with E-state index in [4.69, 9.17) is 12.1 Å². The molecule has 0 saturated heterocycles. The first kappa shape index (κ1) is 27.9. The van der Waals surface area contributed by atoms with E-state index in [1.165, 1.54) is 24.2 Å². The number of fused-ring (bicyclic) bond motifs is 5. The lowest BCUT2D eigenvalue weighted by Gasteiger charge is -2.37. The van der Waals surface area contributed by atoms with E-state index in [0.29, 0.717) is 10.6 Å². The highest BCUT2D eigenvalue weighted by molar-refractivity contribution is 7.15. The molecule has 2 fully saturated rings. The molecular formula is C43H46N3OS+. The number of pyridine rings is 1. The molecule has 2 saturated carbocycles. The summed E-state index contributed by atoms with van der Waals surface area (Å²) in [6.45, 7) is 5.90. The monoisotopic (exact) mass is 655 g/mol. The fraction of sp³-hybridized carbons (Fsp3) is 0.419. The highest BCUT2D eigenvalue weighted by Crippen LogP contribution is 2.49. The molecule has 0 spiro atoms. The Labute approximate surface area is 292 Å². The van der Waals surface area contributed by atoms with E-state index in [1.54, 1.807) is 0 Å². The predicted molar refractivity (Wildman–Crippen MR) is 198 cm³/mol. The van der Waals surface area contributed by atoms with Crippen LogP contribution >= 0.6 is 11.3 Å². The van der Waals surface area contributed by atoms with Crippen molar-refractivity contribution in [3.63, 3.8) is 0 Å². The third-order valence-electron chi connectivity index (χ3n) is 11.1. The van der Waals surface area contributed by atoms with Crippen LogP contribution in [-0.4, -0.2) is 4.98 Å². The van der Waals surface area contributed by atoms with Gasteiger partial charge in [0.25, 0.3) is 0 Å². The average Bonchev–Trinajstić information content (AvgIpc) is 3.72. The number of furan rings is 1. The van der Waals surface area contributed by atoms with Crippen molar-refractivity contribution >= 4 is 44.0 Å². The van der Waals surface area contributed by atoms with E-state index in [-0.39, 0.29) is 18.0 Å². The van der Waals surface area contributed by atoms with Crippen LogP contribution in [0, 0.1) is 30.1 Å². The lowest BCUT2D eigenvalue weighted by Crippen LogP contribution is -2.31. The van der Waals surface area contributed by atoms with Crippen LogP contribution in [0.25, 0.3) is 54.5 Å². The van der Waals surface area contributed by atoms with Gasteiger partial charge in [-0.1, -0.05) is 70.6 Å². The van der Waals surface area contributed by atoms with Gasteiger partial charge < -0.3 is 4.42 Å². The number of hydrogen-bond donors (Lipinski definition) is 0. The highest BCUT2D eigenvalue weighted by Gasteiger charge is 2.34. The number of benzene rings is 3. The van der Waals surface area contributed by atoms with Crippen LogP contribution in [0.2, 0.25) is 0 Å². The van der Waals surface area contributed by atoms with Gasteiger partial charge in [-0.2, -0.15) is 5.26 Å². The molecule has 2 aliphatic rings. The van der Waals surface area contributed by atoms with Crippen molar-refractivity contribution in [3.05, 3.63) is 82.5 Å². The molecular weight excluding hydrogens is 607 g/mol. The second-order valence-electron chi connectivity index (χ2n) is 14.4. The number of aromatic nitrogens is 2. The molecule has 3 heterocycles. The largest absolute Gasteiger partial charge is 0.454 e. The van der Waals surface area contributed by atoms with Gasteiger partial charge in [0.2, 0.25) is 5.69 Å². The summed E-state index contributed by atoms with van der Waals surface area (Å²) < 4.78 is 36.9. The standard InChI is InChI=1S/C43H46N3OS/c1-26(2)30-19-20-46(4)37(23-30)39-27(3)15-17-34-33-18-16-31-21-36(32(24-44)22-35(31)41(33)47-42(34)39)43-45-25-38(48-43)40(28-11-7-5-8-12-28)29-13-9-6-10-14-29/h15-23,25-26,28-29,40H,5-14H2,1-4H3/q+1/i25D,26D,40D. The van der Waals surface area contributed by atoms with E-state index < -0.39 is 11.8 Å². The lowest BCUT2D eigenvalue weighted by atomic mass is 9.69. The van der Waals surface area contributed by atoms with E-state index in [9.17, 15) is 6.63 Å². The Kier molecular flexibility index (Phi) is 7.43. The molecule has 3 aromatic carbocycles. The van der Waals surface area contributed by atoms with Crippen molar-refractivity contribution in [3.8, 4) is 27.9 Å².